The van der Waals surface area contributed by atoms with Gasteiger partial charge in [-0.05, 0) is 23.6 Å². The number of hydrogen-bond acceptors (Lipinski definition) is 4. The molecule has 0 atom stereocenters. The Morgan fingerprint density at radius 1 is 1.16 bits per heavy atom. The van der Waals surface area contributed by atoms with Gasteiger partial charge in [-0.15, -0.1) is 0 Å². The summed E-state index contributed by atoms with van der Waals surface area (Å²) in [6.45, 7) is 0.0919. The summed E-state index contributed by atoms with van der Waals surface area (Å²) in [7, 11) is 0. The molecule has 3 aromatic rings. The van der Waals surface area contributed by atoms with Crippen LogP contribution >= 0.6 is 0 Å². The van der Waals surface area contributed by atoms with Crippen molar-refractivity contribution in [2.24, 2.45) is 0 Å². The quantitative estimate of drug-likeness (QED) is 0.786. The van der Waals surface area contributed by atoms with Crippen molar-refractivity contribution in [1.82, 2.24) is 20.2 Å². The van der Waals surface area contributed by atoms with Gasteiger partial charge in [-0.2, -0.15) is 5.10 Å². The van der Waals surface area contributed by atoms with E-state index in [0.29, 0.717) is 16.6 Å². The molecule has 0 saturated carbocycles. The van der Waals surface area contributed by atoms with E-state index in [9.17, 15) is 8.78 Å². The van der Waals surface area contributed by atoms with Crippen LogP contribution in [0.1, 0.15) is 5.82 Å². The zero-order valence-electron chi connectivity index (χ0n) is 9.60. The molecule has 96 valence electrons. The molecule has 0 aliphatic rings. The van der Waals surface area contributed by atoms with Gasteiger partial charge in [0, 0.05) is 11.6 Å². The highest BCUT2D eigenvalue weighted by Crippen LogP contribution is 2.25. The molecule has 0 amide bonds. The molecule has 1 aromatic carbocycles. The molecule has 0 fully saturated rings. The zero-order valence-corrected chi connectivity index (χ0v) is 9.60. The van der Waals surface area contributed by atoms with Gasteiger partial charge in [-0.1, -0.05) is 0 Å². The second-order valence-electron chi connectivity index (χ2n) is 3.81. The topological polar surface area (TPSA) is 63.7 Å². The van der Waals surface area contributed by atoms with Crippen LogP contribution in [0.15, 0.2) is 30.7 Å². The number of benzene rings is 1. The molecule has 5 nitrogen and oxygen atoms in total. The normalized spacial score (nSPS) is 10.8. The van der Waals surface area contributed by atoms with E-state index in [1.807, 2.05) is 0 Å². The summed E-state index contributed by atoms with van der Waals surface area (Å²) in [6.07, 6.45) is 2.89. The van der Waals surface area contributed by atoms with E-state index >= 15 is 0 Å². The number of ether oxygens (including phenoxy) is 1. The number of aromatic amines is 1. The average Bonchev–Trinajstić information content (AvgIpc) is 2.91. The number of hydrogen-bond donors (Lipinski definition) is 1. The van der Waals surface area contributed by atoms with Gasteiger partial charge in [0.25, 0.3) is 0 Å². The van der Waals surface area contributed by atoms with Gasteiger partial charge in [-0.3, -0.25) is 5.10 Å². The number of rotatable bonds is 3. The van der Waals surface area contributed by atoms with E-state index in [1.165, 1.54) is 12.5 Å². The summed E-state index contributed by atoms with van der Waals surface area (Å²) < 4.78 is 31.8. The smallest absolute Gasteiger partial charge is 0.221 e. The van der Waals surface area contributed by atoms with Gasteiger partial charge in [0.15, 0.2) is 24.1 Å². The van der Waals surface area contributed by atoms with Gasteiger partial charge in [0.2, 0.25) is 5.88 Å². The summed E-state index contributed by atoms with van der Waals surface area (Å²) in [4.78, 5) is 7.89. The third-order valence-electron chi connectivity index (χ3n) is 2.57. The molecule has 0 saturated heterocycles. The van der Waals surface area contributed by atoms with E-state index in [2.05, 4.69) is 20.2 Å². The summed E-state index contributed by atoms with van der Waals surface area (Å²) in [5, 5.41) is 7.28. The van der Waals surface area contributed by atoms with Crippen LogP contribution < -0.4 is 4.74 Å². The SMILES string of the molecule is Fc1cc2ccnc(OCc3nc[nH]n3)c2cc1F. The highest BCUT2D eigenvalue weighted by Gasteiger charge is 2.10. The van der Waals surface area contributed by atoms with E-state index in [0.717, 1.165) is 12.1 Å². The average molecular weight is 262 g/mol. The molecule has 0 aliphatic heterocycles. The van der Waals surface area contributed by atoms with Crippen molar-refractivity contribution in [3.8, 4) is 5.88 Å². The first kappa shape index (κ1) is 11.5. The summed E-state index contributed by atoms with van der Waals surface area (Å²) in [5.41, 5.74) is 0. The molecular weight excluding hydrogens is 254 g/mol. The van der Waals surface area contributed by atoms with Gasteiger partial charge in [0.05, 0.1) is 0 Å². The molecule has 0 unspecified atom stereocenters. The standard InChI is InChI=1S/C12H8F2N4O/c13-9-3-7-1-2-15-12(8(7)4-10(9)14)19-5-11-16-6-17-18-11/h1-4,6H,5H2,(H,16,17,18). The number of nitrogens with one attached hydrogen (secondary N) is 1. The fourth-order valence-corrected chi connectivity index (χ4v) is 1.69. The molecule has 0 spiro atoms. The predicted octanol–water partition coefficient (Wildman–Crippen LogP) is 2.21. The molecule has 0 bridgehead atoms. The minimum absolute atomic E-state index is 0.0919. The third-order valence-corrected chi connectivity index (χ3v) is 2.57. The van der Waals surface area contributed by atoms with Crippen molar-refractivity contribution in [1.29, 1.82) is 0 Å². The lowest BCUT2D eigenvalue weighted by Gasteiger charge is -2.06. The molecule has 0 aliphatic carbocycles. The van der Waals surface area contributed by atoms with Gasteiger partial charge in [-0.25, -0.2) is 18.7 Å². The van der Waals surface area contributed by atoms with Crippen LogP contribution in [0.25, 0.3) is 10.8 Å². The first-order valence-electron chi connectivity index (χ1n) is 5.45. The molecule has 3 rings (SSSR count). The maximum atomic E-state index is 13.3. The Bertz CT molecular complexity index is 715. The largest absolute Gasteiger partial charge is 0.469 e. The van der Waals surface area contributed by atoms with Crippen LogP contribution in [0.2, 0.25) is 0 Å². The van der Waals surface area contributed by atoms with Crippen LogP contribution in [-0.2, 0) is 6.61 Å². The highest BCUT2D eigenvalue weighted by molar-refractivity contribution is 5.86. The highest BCUT2D eigenvalue weighted by atomic mass is 19.2. The summed E-state index contributed by atoms with van der Waals surface area (Å²) in [6, 6.07) is 3.74. The second kappa shape index (κ2) is 4.60. The Morgan fingerprint density at radius 2 is 2.00 bits per heavy atom. The van der Waals surface area contributed by atoms with Crippen LogP contribution in [0.3, 0.4) is 0 Å². The maximum absolute atomic E-state index is 13.3. The monoisotopic (exact) mass is 262 g/mol. The van der Waals surface area contributed by atoms with E-state index in [-0.39, 0.29) is 12.5 Å². The molecule has 19 heavy (non-hydrogen) atoms. The summed E-state index contributed by atoms with van der Waals surface area (Å²) >= 11 is 0. The van der Waals surface area contributed by atoms with Crippen LogP contribution in [-0.4, -0.2) is 20.2 Å². The molecule has 1 N–H and O–H groups in total. The molecule has 2 aromatic heterocycles. The Morgan fingerprint density at radius 3 is 2.79 bits per heavy atom. The van der Waals surface area contributed by atoms with Crippen molar-refractivity contribution in [3.63, 3.8) is 0 Å². The van der Waals surface area contributed by atoms with E-state index < -0.39 is 11.6 Å². The van der Waals surface area contributed by atoms with Crippen molar-refractivity contribution in [2.45, 2.75) is 6.61 Å². The van der Waals surface area contributed by atoms with Crippen molar-refractivity contribution >= 4 is 10.8 Å². The number of nitrogens with zero attached hydrogens (tertiary/aromatic N) is 3. The van der Waals surface area contributed by atoms with Crippen LogP contribution in [0.4, 0.5) is 8.78 Å². The molecule has 0 radical (unpaired) electrons. The second-order valence-corrected chi connectivity index (χ2v) is 3.81. The Labute approximate surface area is 106 Å². The third kappa shape index (κ3) is 2.22. The van der Waals surface area contributed by atoms with Gasteiger partial charge >= 0.3 is 0 Å². The molecule has 2 heterocycles. The fraction of sp³-hybridized carbons (Fsp3) is 0.0833. The number of H-pyrrole nitrogens is 1. The maximum Gasteiger partial charge on any atom is 0.221 e. The first-order valence-corrected chi connectivity index (χ1v) is 5.45. The van der Waals surface area contributed by atoms with Crippen molar-refractivity contribution in [3.05, 3.63) is 48.2 Å². The molecular formula is C12H8F2N4O. The zero-order chi connectivity index (χ0) is 13.2. The van der Waals surface area contributed by atoms with Gasteiger partial charge in [0.1, 0.15) is 6.33 Å². The lowest BCUT2D eigenvalue weighted by molar-refractivity contribution is 0.288. The Hall–Kier alpha value is -2.57. The van der Waals surface area contributed by atoms with Crippen LogP contribution in [0, 0.1) is 11.6 Å². The number of fused-ring (bicyclic) bond motifs is 1. The molecule has 7 heteroatoms. The minimum atomic E-state index is -0.941. The van der Waals surface area contributed by atoms with Gasteiger partial charge < -0.3 is 4.74 Å². The minimum Gasteiger partial charge on any atom is -0.469 e. The summed E-state index contributed by atoms with van der Waals surface area (Å²) in [5.74, 6) is -1.19. The first-order chi connectivity index (χ1) is 9.24. The van der Waals surface area contributed by atoms with Crippen molar-refractivity contribution < 1.29 is 13.5 Å². The fourth-order valence-electron chi connectivity index (χ4n) is 1.69. The van der Waals surface area contributed by atoms with Crippen molar-refractivity contribution in [2.75, 3.05) is 0 Å². The lowest BCUT2D eigenvalue weighted by Crippen LogP contribution is -2.00. The van der Waals surface area contributed by atoms with E-state index in [4.69, 9.17) is 4.74 Å². The number of aromatic nitrogens is 4. The number of halogens is 2. The van der Waals surface area contributed by atoms with E-state index in [1.54, 1.807) is 6.07 Å². The predicted molar refractivity (Wildman–Crippen MR) is 62.4 cm³/mol. The Balaban J connectivity index is 1.96. The van der Waals surface area contributed by atoms with Crippen LogP contribution in [0.5, 0.6) is 5.88 Å². The lowest BCUT2D eigenvalue weighted by atomic mass is 10.1. The Kier molecular flexibility index (Phi) is 2.79. The number of pyridine rings is 1.